The quantitative estimate of drug-likeness (QED) is 0.902. The Labute approximate surface area is 121 Å². The van der Waals surface area contributed by atoms with Crippen LogP contribution in [0, 0.1) is 6.92 Å². The van der Waals surface area contributed by atoms with Crippen molar-refractivity contribution < 1.29 is 14.6 Å². The number of carboxylic acid groups (broad SMARTS) is 1. The van der Waals surface area contributed by atoms with E-state index in [-0.39, 0.29) is 10.6 Å². The third-order valence-electron chi connectivity index (χ3n) is 2.75. The summed E-state index contributed by atoms with van der Waals surface area (Å²) in [5.41, 5.74) is 1.76. The van der Waals surface area contributed by atoms with Gasteiger partial charge >= 0.3 is 5.97 Å². The zero-order valence-electron chi connectivity index (χ0n) is 11.0. The molecule has 5 nitrogen and oxygen atoms in total. The molecular formula is C14H13ClN2O3. The van der Waals surface area contributed by atoms with Gasteiger partial charge in [-0.05, 0) is 36.8 Å². The minimum absolute atomic E-state index is 0.00870. The summed E-state index contributed by atoms with van der Waals surface area (Å²) in [6.45, 7) is 1.92. The fraction of sp³-hybridized carbons (Fsp3) is 0.143. The minimum Gasteiger partial charge on any atom is -0.496 e. The van der Waals surface area contributed by atoms with Gasteiger partial charge in [0.2, 0.25) is 0 Å². The zero-order chi connectivity index (χ0) is 14.7. The van der Waals surface area contributed by atoms with E-state index in [1.54, 1.807) is 7.11 Å². The fourth-order valence-electron chi connectivity index (χ4n) is 1.78. The standard InChI is InChI=1S/C14H13ClN2O3/c1-8-5-9(3-4-12(8)20-2)17-13-6-10(14(18)19)11(15)7-16-13/h3-7H,1-2H3,(H,16,17)(H,18,19). The number of methoxy groups -OCH3 is 1. The molecule has 2 rings (SSSR count). The van der Waals surface area contributed by atoms with Gasteiger partial charge in [-0.15, -0.1) is 0 Å². The number of pyridine rings is 1. The summed E-state index contributed by atoms with van der Waals surface area (Å²) in [5, 5.41) is 12.1. The molecule has 20 heavy (non-hydrogen) atoms. The number of hydrogen-bond acceptors (Lipinski definition) is 4. The number of nitrogens with zero attached hydrogens (tertiary/aromatic N) is 1. The minimum atomic E-state index is -1.09. The predicted molar refractivity (Wildman–Crippen MR) is 77.2 cm³/mol. The van der Waals surface area contributed by atoms with Crippen molar-refractivity contribution in [2.45, 2.75) is 6.92 Å². The summed E-state index contributed by atoms with van der Waals surface area (Å²) in [5.74, 6) is 0.105. The van der Waals surface area contributed by atoms with Crippen molar-refractivity contribution in [3.8, 4) is 5.75 Å². The van der Waals surface area contributed by atoms with Crippen molar-refractivity contribution in [2.75, 3.05) is 12.4 Å². The van der Waals surface area contributed by atoms with Gasteiger partial charge in [0.1, 0.15) is 11.6 Å². The Bertz CT molecular complexity index is 659. The number of rotatable bonds is 4. The van der Waals surface area contributed by atoms with Crippen LogP contribution in [0.2, 0.25) is 5.02 Å². The molecule has 0 saturated heterocycles. The molecule has 0 fully saturated rings. The van der Waals surface area contributed by atoms with Crippen molar-refractivity contribution in [1.82, 2.24) is 4.98 Å². The molecule has 0 radical (unpaired) electrons. The Balaban J connectivity index is 2.28. The highest BCUT2D eigenvalue weighted by molar-refractivity contribution is 6.33. The highest BCUT2D eigenvalue weighted by Gasteiger charge is 2.10. The summed E-state index contributed by atoms with van der Waals surface area (Å²) in [4.78, 5) is 15.1. The molecule has 0 aliphatic rings. The monoisotopic (exact) mass is 292 g/mol. The second-order valence-electron chi connectivity index (χ2n) is 4.16. The first-order chi connectivity index (χ1) is 9.51. The van der Waals surface area contributed by atoms with Gasteiger partial charge in [-0.3, -0.25) is 0 Å². The number of hydrogen-bond donors (Lipinski definition) is 2. The zero-order valence-corrected chi connectivity index (χ0v) is 11.7. The van der Waals surface area contributed by atoms with Crippen molar-refractivity contribution in [3.05, 3.63) is 46.6 Å². The molecule has 1 heterocycles. The maximum absolute atomic E-state index is 11.0. The molecule has 0 aliphatic carbocycles. The molecule has 0 atom stereocenters. The summed E-state index contributed by atoms with van der Waals surface area (Å²) in [6, 6.07) is 6.92. The Morgan fingerprint density at radius 1 is 1.40 bits per heavy atom. The summed E-state index contributed by atoms with van der Waals surface area (Å²) in [6.07, 6.45) is 1.31. The van der Waals surface area contributed by atoms with E-state index in [9.17, 15) is 4.79 Å². The van der Waals surface area contributed by atoms with Crippen molar-refractivity contribution in [2.24, 2.45) is 0 Å². The van der Waals surface area contributed by atoms with E-state index >= 15 is 0 Å². The predicted octanol–water partition coefficient (Wildman–Crippen LogP) is 3.49. The molecule has 0 aliphatic heterocycles. The van der Waals surface area contributed by atoms with E-state index < -0.39 is 5.97 Å². The smallest absolute Gasteiger partial charge is 0.337 e. The average Bonchev–Trinajstić information content (AvgIpc) is 2.41. The van der Waals surface area contributed by atoms with Crippen molar-refractivity contribution in [1.29, 1.82) is 0 Å². The van der Waals surface area contributed by atoms with Crippen LogP contribution in [0.25, 0.3) is 0 Å². The first kappa shape index (κ1) is 14.1. The maximum Gasteiger partial charge on any atom is 0.337 e. The number of halogens is 1. The van der Waals surface area contributed by atoms with Gasteiger partial charge in [-0.25, -0.2) is 9.78 Å². The van der Waals surface area contributed by atoms with Crippen LogP contribution in [0.15, 0.2) is 30.5 Å². The van der Waals surface area contributed by atoms with Crippen molar-refractivity contribution in [3.63, 3.8) is 0 Å². The Morgan fingerprint density at radius 2 is 2.15 bits per heavy atom. The molecular weight excluding hydrogens is 280 g/mol. The summed E-state index contributed by atoms with van der Waals surface area (Å²) < 4.78 is 5.18. The van der Waals surface area contributed by atoms with E-state index in [0.717, 1.165) is 17.0 Å². The Hall–Kier alpha value is -2.27. The molecule has 104 valence electrons. The van der Waals surface area contributed by atoms with Crippen LogP contribution < -0.4 is 10.1 Å². The number of aryl methyl sites for hydroxylation is 1. The Kier molecular flexibility index (Phi) is 4.10. The van der Waals surface area contributed by atoms with Crippen LogP contribution in [-0.2, 0) is 0 Å². The van der Waals surface area contributed by atoms with Gasteiger partial charge in [0.05, 0.1) is 17.7 Å². The topological polar surface area (TPSA) is 71.5 Å². The molecule has 1 aromatic carbocycles. The van der Waals surface area contributed by atoms with Crippen LogP contribution in [0.4, 0.5) is 11.5 Å². The second-order valence-corrected chi connectivity index (χ2v) is 4.57. The molecule has 2 aromatic rings. The molecule has 0 bridgehead atoms. The molecule has 0 saturated carbocycles. The number of aromatic nitrogens is 1. The lowest BCUT2D eigenvalue weighted by molar-refractivity contribution is 0.0697. The first-order valence-electron chi connectivity index (χ1n) is 5.81. The lowest BCUT2D eigenvalue weighted by Crippen LogP contribution is -2.01. The number of ether oxygens (including phenoxy) is 1. The normalized spacial score (nSPS) is 10.2. The van der Waals surface area contributed by atoms with E-state index in [0.29, 0.717) is 5.82 Å². The lowest BCUT2D eigenvalue weighted by Gasteiger charge is -2.10. The molecule has 0 unspecified atom stereocenters. The number of nitrogens with one attached hydrogen (secondary N) is 1. The lowest BCUT2D eigenvalue weighted by atomic mass is 10.2. The number of carbonyl (C=O) groups is 1. The van der Waals surface area contributed by atoms with Crippen LogP contribution in [-0.4, -0.2) is 23.2 Å². The number of aromatic carboxylic acids is 1. The highest BCUT2D eigenvalue weighted by Crippen LogP contribution is 2.25. The SMILES string of the molecule is COc1ccc(Nc2cc(C(=O)O)c(Cl)cn2)cc1C. The van der Waals surface area contributed by atoms with Gasteiger partial charge in [-0.2, -0.15) is 0 Å². The van der Waals surface area contributed by atoms with E-state index in [1.807, 2.05) is 25.1 Å². The van der Waals surface area contributed by atoms with Crippen LogP contribution in [0.1, 0.15) is 15.9 Å². The average molecular weight is 293 g/mol. The van der Waals surface area contributed by atoms with Crippen molar-refractivity contribution >= 4 is 29.1 Å². The van der Waals surface area contributed by atoms with Gasteiger partial charge < -0.3 is 15.2 Å². The summed E-state index contributed by atoms with van der Waals surface area (Å²) in [7, 11) is 1.61. The molecule has 0 amide bonds. The number of benzene rings is 1. The van der Waals surface area contributed by atoms with Gasteiger partial charge in [0, 0.05) is 11.9 Å². The molecule has 0 spiro atoms. The fourth-order valence-corrected chi connectivity index (χ4v) is 1.96. The molecule has 6 heteroatoms. The van der Waals surface area contributed by atoms with E-state index in [4.69, 9.17) is 21.4 Å². The maximum atomic E-state index is 11.0. The highest BCUT2D eigenvalue weighted by atomic mass is 35.5. The Morgan fingerprint density at radius 3 is 2.75 bits per heavy atom. The first-order valence-corrected chi connectivity index (χ1v) is 6.19. The van der Waals surface area contributed by atoms with Gasteiger partial charge in [0.15, 0.2) is 0 Å². The van der Waals surface area contributed by atoms with Crippen LogP contribution in [0.3, 0.4) is 0 Å². The van der Waals surface area contributed by atoms with Crippen LogP contribution >= 0.6 is 11.6 Å². The van der Waals surface area contributed by atoms with E-state index in [2.05, 4.69) is 10.3 Å². The second kappa shape index (κ2) is 5.79. The van der Waals surface area contributed by atoms with Crippen LogP contribution in [0.5, 0.6) is 5.75 Å². The number of anilines is 2. The largest absolute Gasteiger partial charge is 0.496 e. The van der Waals surface area contributed by atoms with Gasteiger partial charge in [0.25, 0.3) is 0 Å². The third-order valence-corrected chi connectivity index (χ3v) is 3.05. The van der Waals surface area contributed by atoms with Gasteiger partial charge in [-0.1, -0.05) is 11.6 Å². The molecule has 1 aromatic heterocycles. The third kappa shape index (κ3) is 3.00. The summed E-state index contributed by atoms with van der Waals surface area (Å²) >= 11 is 5.77. The molecule has 2 N–H and O–H groups in total. The van der Waals surface area contributed by atoms with E-state index in [1.165, 1.54) is 12.3 Å². The number of carboxylic acids is 1.